The number of nitrogens with zero attached hydrogens (tertiary/aromatic N) is 4. The van der Waals surface area contributed by atoms with Crippen LogP contribution >= 0.6 is 0 Å². The van der Waals surface area contributed by atoms with Gasteiger partial charge in [-0.05, 0) is 12.1 Å². The molecular formula is C17H18N4O2. The first-order chi connectivity index (χ1) is 11.1. The number of carbonyl (C=O) groups excluding carboxylic acids is 1. The Hall–Kier alpha value is -2.89. The lowest BCUT2D eigenvalue weighted by Crippen LogP contribution is -2.27. The number of hydrogen-bond donors (Lipinski definition) is 0. The summed E-state index contributed by atoms with van der Waals surface area (Å²) < 4.78 is 6.96. The molecule has 0 aliphatic rings. The Balaban J connectivity index is 1.90. The van der Waals surface area contributed by atoms with Crippen LogP contribution in [0.25, 0.3) is 10.9 Å². The molecule has 2 aromatic heterocycles. The lowest BCUT2D eigenvalue weighted by Gasteiger charge is -2.17. The first-order valence-corrected chi connectivity index (χ1v) is 7.27. The third kappa shape index (κ3) is 2.75. The van der Waals surface area contributed by atoms with Crippen molar-refractivity contribution in [2.45, 2.75) is 6.54 Å². The molecule has 0 N–H and O–H groups in total. The lowest BCUT2D eigenvalue weighted by atomic mass is 10.2. The third-order valence-electron chi connectivity index (χ3n) is 3.76. The largest absolute Gasteiger partial charge is 0.481 e. The van der Waals surface area contributed by atoms with Gasteiger partial charge in [-0.15, -0.1) is 0 Å². The van der Waals surface area contributed by atoms with Gasteiger partial charge in [0.15, 0.2) is 5.69 Å². The van der Waals surface area contributed by atoms with Crippen LogP contribution in [0.4, 0.5) is 0 Å². The summed E-state index contributed by atoms with van der Waals surface area (Å²) in [5.74, 6) is 0.394. The second-order valence-electron chi connectivity index (χ2n) is 5.32. The molecule has 6 heteroatoms. The standard InChI is InChI=1S/C17H18N4O2/c1-20(11-12-7-6-10-18-16(12)23-3)17(22)15-13-8-4-5-9-14(13)21(2)19-15/h4-10H,11H2,1-3H3. The predicted molar refractivity (Wildman–Crippen MR) is 87.3 cm³/mol. The van der Waals surface area contributed by atoms with Crippen LogP contribution in [0.2, 0.25) is 0 Å². The smallest absolute Gasteiger partial charge is 0.275 e. The number of aromatic nitrogens is 3. The zero-order valence-corrected chi connectivity index (χ0v) is 13.4. The number of pyridine rings is 1. The van der Waals surface area contributed by atoms with Crippen LogP contribution in [0.15, 0.2) is 42.6 Å². The highest BCUT2D eigenvalue weighted by atomic mass is 16.5. The second-order valence-corrected chi connectivity index (χ2v) is 5.32. The molecular weight excluding hydrogens is 292 g/mol. The van der Waals surface area contributed by atoms with Crippen LogP contribution in [-0.2, 0) is 13.6 Å². The van der Waals surface area contributed by atoms with E-state index in [0.717, 1.165) is 16.5 Å². The molecule has 6 nitrogen and oxygen atoms in total. The van der Waals surface area contributed by atoms with Crippen molar-refractivity contribution in [1.29, 1.82) is 0 Å². The quantitative estimate of drug-likeness (QED) is 0.741. The van der Waals surface area contributed by atoms with Crippen LogP contribution in [0.1, 0.15) is 16.1 Å². The Kier molecular flexibility index (Phi) is 3.97. The minimum atomic E-state index is -0.132. The maximum atomic E-state index is 12.8. The van der Waals surface area contributed by atoms with Crippen molar-refractivity contribution in [3.8, 4) is 5.88 Å². The maximum absolute atomic E-state index is 12.8. The molecule has 0 aliphatic carbocycles. The van der Waals surface area contributed by atoms with E-state index < -0.39 is 0 Å². The first-order valence-electron chi connectivity index (χ1n) is 7.27. The number of aryl methyl sites for hydroxylation is 1. The van der Waals surface area contributed by atoms with Gasteiger partial charge in [-0.25, -0.2) is 4.98 Å². The number of amides is 1. The molecule has 0 fully saturated rings. The SMILES string of the molecule is COc1ncccc1CN(C)C(=O)c1nn(C)c2ccccc12. The third-order valence-corrected chi connectivity index (χ3v) is 3.76. The van der Waals surface area contributed by atoms with Crippen LogP contribution in [0.5, 0.6) is 5.88 Å². The molecule has 3 rings (SSSR count). The van der Waals surface area contributed by atoms with Gasteiger partial charge in [-0.3, -0.25) is 9.48 Å². The summed E-state index contributed by atoms with van der Waals surface area (Å²) in [7, 11) is 5.15. The van der Waals surface area contributed by atoms with E-state index in [9.17, 15) is 4.79 Å². The summed E-state index contributed by atoms with van der Waals surface area (Å²) in [6.45, 7) is 0.404. The van der Waals surface area contributed by atoms with E-state index in [1.165, 1.54) is 0 Å². The molecule has 1 amide bonds. The molecule has 0 saturated carbocycles. The highest BCUT2D eigenvalue weighted by molar-refractivity contribution is 6.04. The summed E-state index contributed by atoms with van der Waals surface area (Å²) in [5, 5.41) is 5.23. The van der Waals surface area contributed by atoms with Crippen molar-refractivity contribution in [2.24, 2.45) is 7.05 Å². The average molecular weight is 310 g/mol. The Morgan fingerprint density at radius 2 is 2.04 bits per heavy atom. The van der Waals surface area contributed by atoms with E-state index in [0.29, 0.717) is 18.1 Å². The van der Waals surface area contributed by atoms with Gasteiger partial charge in [0.25, 0.3) is 5.91 Å². The Morgan fingerprint density at radius 3 is 2.83 bits per heavy atom. The molecule has 23 heavy (non-hydrogen) atoms. The Morgan fingerprint density at radius 1 is 1.26 bits per heavy atom. The Bertz CT molecular complexity index is 857. The molecule has 0 spiro atoms. The zero-order chi connectivity index (χ0) is 16.4. The Labute approximate surface area is 134 Å². The van der Waals surface area contributed by atoms with Crippen LogP contribution < -0.4 is 4.74 Å². The van der Waals surface area contributed by atoms with E-state index in [1.54, 1.807) is 29.9 Å². The molecule has 3 aromatic rings. The van der Waals surface area contributed by atoms with Crippen LogP contribution in [-0.4, -0.2) is 39.7 Å². The topological polar surface area (TPSA) is 60.2 Å². The first kappa shape index (κ1) is 15.0. The van der Waals surface area contributed by atoms with Gasteiger partial charge >= 0.3 is 0 Å². The lowest BCUT2D eigenvalue weighted by molar-refractivity contribution is 0.0779. The number of hydrogen-bond acceptors (Lipinski definition) is 4. The van der Waals surface area contributed by atoms with Crippen molar-refractivity contribution in [1.82, 2.24) is 19.7 Å². The van der Waals surface area contributed by atoms with Crippen molar-refractivity contribution in [3.05, 3.63) is 53.9 Å². The fourth-order valence-electron chi connectivity index (χ4n) is 2.61. The summed E-state index contributed by atoms with van der Waals surface area (Å²) in [5.41, 5.74) is 2.24. The van der Waals surface area contributed by atoms with Gasteiger partial charge < -0.3 is 9.64 Å². The molecule has 0 bridgehead atoms. The van der Waals surface area contributed by atoms with Crippen molar-refractivity contribution >= 4 is 16.8 Å². The fourth-order valence-corrected chi connectivity index (χ4v) is 2.61. The molecule has 118 valence electrons. The summed E-state index contributed by atoms with van der Waals surface area (Å²) >= 11 is 0. The van der Waals surface area contributed by atoms with Crippen molar-refractivity contribution in [2.75, 3.05) is 14.2 Å². The molecule has 0 atom stereocenters. The summed E-state index contributed by atoms with van der Waals surface area (Å²) in [6.07, 6.45) is 1.66. The number of ether oxygens (including phenoxy) is 1. The van der Waals surface area contributed by atoms with Crippen LogP contribution in [0, 0.1) is 0 Å². The molecule has 0 aliphatic heterocycles. The number of benzene rings is 1. The van der Waals surface area contributed by atoms with Gasteiger partial charge in [0.1, 0.15) is 0 Å². The highest BCUT2D eigenvalue weighted by Gasteiger charge is 2.20. The van der Waals surface area contributed by atoms with E-state index in [-0.39, 0.29) is 5.91 Å². The predicted octanol–water partition coefficient (Wildman–Crippen LogP) is 2.25. The normalized spacial score (nSPS) is 10.7. The number of para-hydroxylation sites is 1. The molecule has 0 radical (unpaired) electrons. The van der Waals surface area contributed by atoms with Gasteiger partial charge in [0.05, 0.1) is 19.2 Å². The summed E-state index contributed by atoms with van der Waals surface area (Å²) in [6, 6.07) is 11.4. The van der Waals surface area contributed by atoms with E-state index in [4.69, 9.17) is 4.74 Å². The minimum Gasteiger partial charge on any atom is -0.481 e. The van der Waals surface area contributed by atoms with Crippen molar-refractivity contribution in [3.63, 3.8) is 0 Å². The molecule has 0 saturated heterocycles. The maximum Gasteiger partial charge on any atom is 0.275 e. The highest BCUT2D eigenvalue weighted by Crippen LogP contribution is 2.21. The second kappa shape index (κ2) is 6.08. The van der Waals surface area contributed by atoms with Gasteiger partial charge in [0.2, 0.25) is 5.88 Å². The molecule has 2 heterocycles. The van der Waals surface area contributed by atoms with E-state index in [1.807, 2.05) is 43.4 Å². The van der Waals surface area contributed by atoms with Gasteiger partial charge in [0, 0.05) is 31.2 Å². The monoisotopic (exact) mass is 310 g/mol. The average Bonchev–Trinajstić information content (AvgIpc) is 2.92. The molecule has 0 unspecified atom stereocenters. The molecule has 1 aromatic carbocycles. The number of fused-ring (bicyclic) bond motifs is 1. The minimum absolute atomic E-state index is 0.132. The van der Waals surface area contributed by atoms with Gasteiger partial charge in [-0.1, -0.05) is 24.3 Å². The van der Waals surface area contributed by atoms with Gasteiger partial charge in [-0.2, -0.15) is 5.10 Å². The number of carbonyl (C=O) groups is 1. The number of rotatable bonds is 4. The van der Waals surface area contributed by atoms with E-state index in [2.05, 4.69) is 10.1 Å². The van der Waals surface area contributed by atoms with Crippen molar-refractivity contribution < 1.29 is 9.53 Å². The summed E-state index contributed by atoms with van der Waals surface area (Å²) in [4.78, 5) is 18.5. The van der Waals surface area contributed by atoms with E-state index >= 15 is 0 Å². The van der Waals surface area contributed by atoms with Crippen LogP contribution in [0.3, 0.4) is 0 Å². The number of methoxy groups -OCH3 is 1. The fraction of sp³-hybridized carbons (Fsp3) is 0.235. The zero-order valence-electron chi connectivity index (χ0n) is 13.4.